The average molecular weight is 303 g/mol. The summed E-state index contributed by atoms with van der Waals surface area (Å²) in [6.45, 7) is 0. The molecule has 1 atom stereocenters. The molecule has 2 heterocycles. The molecule has 0 aliphatic rings. The summed E-state index contributed by atoms with van der Waals surface area (Å²) >= 11 is 0. The van der Waals surface area contributed by atoms with Crippen molar-refractivity contribution in [1.29, 1.82) is 0 Å². The van der Waals surface area contributed by atoms with Gasteiger partial charge < -0.3 is 15.5 Å². The third kappa shape index (κ3) is 3.31. The fraction of sp³-hybridized carbons (Fsp3) is 0.300. The van der Waals surface area contributed by atoms with E-state index in [0.717, 1.165) is 6.33 Å². The molecular weight excluding hydrogens is 295 g/mol. The molecule has 0 amide bonds. The number of halogens is 3. The fourth-order valence-corrected chi connectivity index (χ4v) is 1.49. The van der Waals surface area contributed by atoms with Gasteiger partial charge in [0.05, 0.1) is 12.0 Å². The van der Waals surface area contributed by atoms with Gasteiger partial charge in [0, 0.05) is 6.42 Å². The number of ether oxygens (including phenoxy) is 1. The third-order valence-corrected chi connectivity index (χ3v) is 2.44. The number of nitrogens with zero attached hydrogens (tertiary/aromatic N) is 3. The number of carbonyl (C=O) groups is 2. The van der Waals surface area contributed by atoms with Crippen molar-refractivity contribution in [2.75, 3.05) is 0 Å². The largest absolute Gasteiger partial charge is 0.491 e. The summed E-state index contributed by atoms with van der Waals surface area (Å²) in [5.41, 5.74) is 6.38. The first kappa shape index (κ1) is 14.8. The highest BCUT2D eigenvalue weighted by Crippen LogP contribution is 2.17. The van der Waals surface area contributed by atoms with E-state index in [9.17, 15) is 22.8 Å². The van der Waals surface area contributed by atoms with Crippen LogP contribution in [-0.2, 0) is 20.7 Å². The maximum Gasteiger partial charge on any atom is 0.491 e. The van der Waals surface area contributed by atoms with Gasteiger partial charge in [-0.25, -0.2) is 24.5 Å². The van der Waals surface area contributed by atoms with Gasteiger partial charge in [0.15, 0.2) is 5.65 Å². The van der Waals surface area contributed by atoms with Gasteiger partial charge in [0.2, 0.25) is 0 Å². The zero-order valence-corrected chi connectivity index (χ0v) is 10.2. The number of alkyl halides is 3. The maximum absolute atomic E-state index is 12.0. The second kappa shape index (κ2) is 5.44. The van der Waals surface area contributed by atoms with Gasteiger partial charge in [0.1, 0.15) is 17.9 Å². The van der Waals surface area contributed by atoms with E-state index in [1.54, 1.807) is 0 Å². The summed E-state index contributed by atoms with van der Waals surface area (Å²) in [6, 6.07) is -1.49. The summed E-state index contributed by atoms with van der Waals surface area (Å²) in [6.07, 6.45) is -3.01. The van der Waals surface area contributed by atoms with Crippen LogP contribution >= 0.6 is 0 Å². The van der Waals surface area contributed by atoms with Crippen molar-refractivity contribution in [1.82, 2.24) is 19.9 Å². The summed E-state index contributed by atoms with van der Waals surface area (Å²) < 4.78 is 39.5. The van der Waals surface area contributed by atoms with E-state index < -0.39 is 24.2 Å². The van der Waals surface area contributed by atoms with E-state index in [2.05, 4.69) is 24.7 Å². The van der Waals surface area contributed by atoms with Crippen LogP contribution in [0.25, 0.3) is 11.2 Å². The number of aromatic nitrogens is 4. The molecule has 8 nitrogen and oxygen atoms in total. The Bertz CT molecular complexity index is 684. The summed E-state index contributed by atoms with van der Waals surface area (Å²) in [7, 11) is 0. The van der Waals surface area contributed by atoms with Crippen LogP contribution in [0.15, 0.2) is 12.7 Å². The number of fused-ring (bicyclic) bond motifs is 1. The number of hydrogen-bond donors (Lipinski definition) is 2. The minimum Gasteiger partial charge on any atom is -0.385 e. The Morgan fingerprint density at radius 1 is 1.33 bits per heavy atom. The van der Waals surface area contributed by atoms with Crippen molar-refractivity contribution in [3.8, 4) is 0 Å². The van der Waals surface area contributed by atoms with Crippen molar-refractivity contribution in [2.45, 2.75) is 18.6 Å². The molecule has 11 heteroatoms. The van der Waals surface area contributed by atoms with Crippen LogP contribution in [0.1, 0.15) is 5.69 Å². The number of rotatable bonds is 3. The Hall–Kier alpha value is -2.56. The molecule has 0 saturated heterocycles. The number of imidazole rings is 1. The lowest BCUT2D eigenvalue weighted by Gasteiger charge is -2.11. The molecule has 0 saturated carbocycles. The topological polar surface area (TPSA) is 124 Å². The van der Waals surface area contributed by atoms with E-state index >= 15 is 0 Å². The van der Waals surface area contributed by atoms with Gasteiger partial charge in [-0.3, -0.25) is 0 Å². The number of hydrogen-bond acceptors (Lipinski definition) is 7. The van der Waals surface area contributed by atoms with E-state index in [1.165, 1.54) is 6.33 Å². The molecule has 0 spiro atoms. The molecule has 2 aromatic heterocycles. The molecule has 0 aliphatic carbocycles. The Morgan fingerprint density at radius 3 is 2.71 bits per heavy atom. The van der Waals surface area contributed by atoms with Gasteiger partial charge in [-0.2, -0.15) is 13.2 Å². The number of aromatic amines is 1. The number of H-pyrrole nitrogens is 1. The van der Waals surface area contributed by atoms with E-state index in [0.29, 0.717) is 11.2 Å². The van der Waals surface area contributed by atoms with Crippen LogP contribution in [0.2, 0.25) is 0 Å². The molecule has 0 bridgehead atoms. The van der Waals surface area contributed by atoms with E-state index in [4.69, 9.17) is 5.73 Å². The molecule has 0 radical (unpaired) electrons. The van der Waals surface area contributed by atoms with Crippen molar-refractivity contribution in [2.24, 2.45) is 5.73 Å². The number of nitrogens with two attached hydrogens (primary N) is 1. The predicted molar refractivity (Wildman–Crippen MR) is 60.5 cm³/mol. The molecule has 3 N–H and O–H groups in total. The second-order valence-electron chi connectivity index (χ2n) is 3.94. The number of nitrogens with one attached hydrogen (secondary N) is 1. The molecule has 21 heavy (non-hydrogen) atoms. The first-order chi connectivity index (χ1) is 9.79. The van der Waals surface area contributed by atoms with Crippen molar-refractivity contribution >= 4 is 23.1 Å². The summed E-state index contributed by atoms with van der Waals surface area (Å²) in [5.74, 6) is -4.11. The SMILES string of the molecule is NC(Cc1ncnc2nc[nH]c12)C(=O)OC(=O)C(F)(F)F. The Kier molecular flexibility index (Phi) is 3.84. The van der Waals surface area contributed by atoms with Crippen molar-refractivity contribution in [3.63, 3.8) is 0 Å². The van der Waals surface area contributed by atoms with E-state index in [-0.39, 0.29) is 12.1 Å². The first-order valence-corrected chi connectivity index (χ1v) is 5.50. The maximum atomic E-state index is 12.0. The normalized spacial score (nSPS) is 13.1. The lowest BCUT2D eigenvalue weighted by molar-refractivity contribution is -0.202. The third-order valence-electron chi connectivity index (χ3n) is 2.44. The second-order valence-corrected chi connectivity index (χ2v) is 3.94. The molecule has 0 fully saturated rings. The summed E-state index contributed by atoms with van der Waals surface area (Å²) in [5, 5.41) is 0. The van der Waals surface area contributed by atoms with Crippen molar-refractivity contribution in [3.05, 3.63) is 18.3 Å². The zero-order valence-electron chi connectivity index (χ0n) is 10.2. The minimum atomic E-state index is -5.26. The molecule has 1 unspecified atom stereocenters. The number of esters is 2. The van der Waals surface area contributed by atoms with Crippen LogP contribution in [0.3, 0.4) is 0 Å². The summed E-state index contributed by atoms with van der Waals surface area (Å²) in [4.78, 5) is 36.1. The first-order valence-electron chi connectivity index (χ1n) is 5.50. The highest BCUT2D eigenvalue weighted by molar-refractivity contribution is 5.91. The van der Waals surface area contributed by atoms with Crippen LogP contribution in [0, 0.1) is 0 Å². The quantitative estimate of drug-likeness (QED) is 0.597. The van der Waals surface area contributed by atoms with E-state index in [1.807, 2.05) is 0 Å². The average Bonchev–Trinajstić information content (AvgIpc) is 2.86. The predicted octanol–water partition coefficient (Wildman–Crippen LogP) is -0.145. The van der Waals surface area contributed by atoms with Crippen LogP contribution < -0.4 is 5.73 Å². The Labute approximate surface area is 114 Å². The molecular formula is C10H8F3N5O3. The molecule has 0 aliphatic heterocycles. The lowest BCUT2D eigenvalue weighted by Crippen LogP contribution is -2.39. The van der Waals surface area contributed by atoms with Crippen LogP contribution in [0.4, 0.5) is 13.2 Å². The van der Waals surface area contributed by atoms with Gasteiger partial charge >= 0.3 is 18.1 Å². The zero-order chi connectivity index (χ0) is 15.6. The fourth-order valence-electron chi connectivity index (χ4n) is 1.49. The Balaban J connectivity index is 2.07. The smallest absolute Gasteiger partial charge is 0.385 e. The minimum absolute atomic E-state index is 0.245. The standard InChI is InChI=1S/C10H8F3N5O3/c11-10(12,13)9(20)21-8(19)4(14)1-5-6-7(17-2-15-5)18-3-16-6/h2-4H,1,14H2,(H,15,16,17,18). The highest BCUT2D eigenvalue weighted by atomic mass is 19.4. The monoisotopic (exact) mass is 303 g/mol. The lowest BCUT2D eigenvalue weighted by atomic mass is 10.1. The van der Waals surface area contributed by atoms with Gasteiger partial charge in [0.25, 0.3) is 0 Å². The van der Waals surface area contributed by atoms with Crippen molar-refractivity contribution < 1.29 is 27.5 Å². The highest BCUT2D eigenvalue weighted by Gasteiger charge is 2.43. The Morgan fingerprint density at radius 2 is 2.05 bits per heavy atom. The van der Waals surface area contributed by atoms with Gasteiger partial charge in [-0.05, 0) is 0 Å². The molecule has 2 aromatic rings. The molecule has 112 valence electrons. The number of carbonyl (C=O) groups excluding carboxylic acids is 2. The van der Waals surface area contributed by atoms with Gasteiger partial charge in [-0.15, -0.1) is 0 Å². The van der Waals surface area contributed by atoms with Gasteiger partial charge in [-0.1, -0.05) is 0 Å². The van der Waals surface area contributed by atoms with Crippen LogP contribution in [0.5, 0.6) is 0 Å². The molecule has 2 rings (SSSR count). The van der Waals surface area contributed by atoms with Crippen LogP contribution in [-0.4, -0.2) is 44.1 Å². The molecule has 0 aromatic carbocycles.